The smallest absolute Gasteiger partial charge is 0.251 e. The van der Waals surface area contributed by atoms with Crippen molar-refractivity contribution >= 4 is 35.1 Å². The fourth-order valence-corrected chi connectivity index (χ4v) is 4.47. The monoisotopic (exact) mass is 485 g/mol. The Morgan fingerprint density at radius 3 is 2.39 bits per heavy atom. The zero-order valence-electron chi connectivity index (χ0n) is 18.3. The zero-order chi connectivity index (χ0) is 23.2. The van der Waals surface area contributed by atoms with Crippen LogP contribution in [0.25, 0.3) is 0 Å². The van der Waals surface area contributed by atoms with Crippen LogP contribution in [0.4, 0.5) is 10.2 Å². The van der Waals surface area contributed by atoms with Crippen molar-refractivity contribution in [3.05, 3.63) is 82.3 Å². The molecule has 1 aromatic heterocycles. The number of hydrogen-bond acceptors (Lipinski definition) is 6. The van der Waals surface area contributed by atoms with E-state index in [0.717, 1.165) is 43.1 Å². The summed E-state index contributed by atoms with van der Waals surface area (Å²) in [5.74, 6) is 1.06. The van der Waals surface area contributed by atoms with Gasteiger partial charge in [-0.1, -0.05) is 47.6 Å². The van der Waals surface area contributed by atoms with E-state index in [0.29, 0.717) is 28.2 Å². The number of thioether (sulfide) groups is 1. The van der Waals surface area contributed by atoms with Crippen molar-refractivity contribution in [2.45, 2.75) is 17.5 Å². The lowest BCUT2D eigenvalue weighted by Crippen LogP contribution is -2.44. The van der Waals surface area contributed by atoms with Gasteiger partial charge in [0.15, 0.2) is 5.16 Å². The molecule has 1 N–H and O–H groups in total. The zero-order valence-corrected chi connectivity index (χ0v) is 19.9. The summed E-state index contributed by atoms with van der Waals surface area (Å²) in [6.45, 7) is 4.16. The minimum Gasteiger partial charge on any atom is -0.354 e. The lowest BCUT2D eigenvalue weighted by molar-refractivity contribution is 0.0951. The van der Waals surface area contributed by atoms with Crippen LogP contribution in [0.15, 0.2) is 59.8 Å². The second kappa shape index (κ2) is 11.0. The fraction of sp³-hybridized carbons (Fsp3) is 0.292. The van der Waals surface area contributed by atoms with Crippen LogP contribution in [0.2, 0.25) is 5.15 Å². The van der Waals surface area contributed by atoms with Gasteiger partial charge in [0.05, 0.1) is 0 Å². The highest BCUT2D eigenvalue weighted by molar-refractivity contribution is 7.98. The maximum absolute atomic E-state index is 13.0. The molecule has 9 heteroatoms. The summed E-state index contributed by atoms with van der Waals surface area (Å²) < 4.78 is 13.0. The Morgan fingerprint density at radius 2 is 1.70 bits per heavy atom. The predicted octanol–water partition coefficient (Wildman–Crippen LogP) is 4.24. The molecular formula is C24H25ClFN5OS. The van der Waals surface area contributed by atoms with Gasteiger partial charge in [0.2, 0.25) is 0 Å². The number of hydrogen-bond donors (Lipinski definition) is 1. The summed E-state index contributed by atoms with van der Waals surface area (Å²) in [4.78, 5) is 26.0. The van der Waals surface area contributed by atoms with Crippen molar-refractivity contribution in [2.24, 2.45) is 0 Å². The van der Waals surface area contributed by atoms with Crippen molar-refractivity contribution in [3.63, 3.8) is 0 Å². The van der Waals surface area contributed by atoms with Crippen molar-refractivity contribution in [1.29, 1.82) is 0 Å². The van der Waals surface area contributed by atoms with Gasteiger partial charge in [-0.05, 0) is 42.4 Å². The molecule has 1 aliphatic heterocycles. The molecule has 33 heavy (non-hydrogen) atoms. The van der Waals surface area contributed by atoms with Crippen LogP contribution < -0.4 is 10.2 Å². The van der Waals surface area contributed by atoms with E-state index in [2.05, 4.69) is 32.1 Å². The molecule has 2 heterocycles. The third-order valence-corrected chi connectivity index (χ3v) is 6.55. The molecule has 2 aromatic carbocycles. The Bertz CT molecular complexity index is 1090. The summed E-state index contributed by atoms with van der Waals surface area (Å²) in [6, 6.07) is 15.3. The molecular weight excluding hydrogens is 461 g/mol. The molecule has 4 rings (SSSR count). The maximum atomic E-state index is 13.0. The molecule has 0 spiro atoms. The van der Waals surface area contributed by atoms with E-state index in [1.165, 1.54) is 23.9 Å². The highest BCUT2D eigenvalue weighted by atomic mass is 35.5. The minimum atomic E-state index is -0.294. The Morgan fingerprint density at radius 1 is 1.03 bits per heavy atom. The molecule has 0 saturated carbocycles. The Hall–Kier alpha value is -2.68. The first kappa shape index (κ1) is 23.5. The standard InChI is InChI=1S/C24H25ClFN5OS/c1-30-10-12-31(13-11-30)22-14-21(25)28-24(29-22)33-16-18-2-6-19(7-3-18)23(32)27-15-17-4-8-20(26)9-5-17/h2-9,14H,10-13,15-16H2,1H3,(H,27,32). The predicted molar refractivity (Wildman–Crippen MR) is 130 cm³/mol. The topological polar surface area (TPSA) is 61.4 Å². The van der Waals surface area contributed by atoms with Crippen LogP contribution in [0.3, 0.4) is 0 Å². The van der Waals surface area contributed by atoms with E-state index in [-0.39, 0.29) is 11.7 Å². The number of rotatable bonds is 7. The molecule has 0 unspecified atom stereocenters. The number of amides is 1. The number of carbonyl (C=O) groups excluding carboxylic acids is 1. The van der Waals surface area contributed by atoms with Gasteiger partial charge in [0, 0.05) is 50.1 Å². The molecule has 0 bridgehead atoms. The van der Waals surface area contributed by atoms with E-state index in [1.54, 1.807) is 24.3 Å². The number of piperazine rings is 1. The average Bonchev–Trinajstić information content (AvgIpc) is 2.82. The summed E-state index contributed by atoms with van der Waals surface area (Å²) in [7, 11) is 2.12. The number of anilines is 1. The van der Waals surface area contributed by atoms with Gasteiger partial charge in [-0.15, -0.1) is 0 Å². The van der Waals surface area contributed by atoms with Crippen molar-refractivity contribution in [1.82, 2.24) is 20.2 Å². The number of nitrogens with one attached hydrogen (secondary N) is 1. The van der Waals surface area contributed by atoms with Crippen molar-refractivity contribution in [2.75, 3.05) is 38.1 Å². The Kier molecular flexibility index (Phi) is 7.80. The molecule has 1 fully saturated rings. The molecule has 0 atom stereocenters. The summed E-state index contributed by atoms with van der Waals surface area (Å²) in [5, 5.41) is 3.93. The Balaban J connectivity index is 1.32. The van der Waals surface area contributed by atoms with Gasteiger partial charge in [-0.2, -0.15) is 0 Å². The van der Waals surface area contributed by atoms with Gasteiger partial charge >= 0.3 is 0 Å². The molecule has 0 radical (unpaired) electrons. The molecule has 1 amide bonds. The van der Waals surface area contributed by atoms with Crippen LogP contribution in [0.1, 0.15) is 21.5 Å². The molecule has 0 aliphatic carbocycles. The van der Waals surface area contributed by atoms with Crippen LogP contribution in [0, 0.1) is 5.82 Å². The number of halogens is 2. The number of aromatic nitrogens is 2. The molecule has 3 aromatic rings. The summed E-state index contributed by atoms with van der Waals surface area (Å²) >= 11 is 7.77. The van der Waals surface area contributed by atoms with Crippen molar-refractivity contribution in [3.8, 4) is 0 Å². The number of nitrogens with zero attached hydrogens (tertiary/aromatic N) is 4. The van der Waals surface area contributed by atoms with E-state index in [9.17, 15) is 9.18 Å². The SMILES string of the molecule is CN1CCN(c2cc(Cl)nc(SCc3ccc(C(=O)NCc4ccc(F)cc4)cc3)n2)CC1. The third-order valence-electron chi connectivity index (χ3n) is 5.44. The van der Waals surface area contributed by atoms with Crippen LogP contribution >= 0.6 is 23.4 Å². The van der Waals surface area contributed by atoms with Crippen LogP contribution in [0.5, 0.6) is 0 Å². The third kappa shape index (κ3) is 6.66. The fourth-order valence-electron chi connectivity index (χ4n) is 3.43. The van der Waals surface area contributed by atoms with Crippen LogP contribution in [-0.4, -0.2) is 54.0 Å². The van der Waals surface area contributed by atoms with Crippen molar-refractivity contribution < 1.29 is 9.18 Å². The van der Waals surface area contributed by atoms with Gasteiger partial charge < -0.3 is 15.1 Å². The first-order chi connectivity index (χ1) is 16.0. The largest absolute Gasteiger partial charge is 0.354 e. The van der Waals surface area contributed by atoms with Crippen LogP contribution in [-0.2, 0) is 12.3 Å². The molecule has 1 saturated heterocycles. The summed E-state index contributed by atoms with van der Waals surface area (Å²) in [5.41, 5.74) is 2.47. The highest BCUT2D eigenvalue weighted by Crippen LogP contribution is 2.25. The maximum Gasteiger partial charge on any atom is 0.251 e. The lowest BCUT2D eigenvalue weighted by atomic mass is 10.1. The van der Waals surface area contributed by atoms with Gasteiger partial charge in [0.1, 0.15) is 16.8 Å². The van der Waals surface area contributed by atoms with E-state index in [1.807, 2.05) is 18.2 Å². The van der Waals surface area contributed by atoms with Gasteiger partial charge in [-0.3, -0.25) is 4.79 Å². The minimum absolute atomic E-state index is 0.173. The van der Waals surface area contributed by atoms with E-state index in [4.69, 9.17) is 11.6 Å². The molecule has 6 nitrogen and oxygen atoms in total. The first-order valence-corrected chi connectivity index (χ1v) is 12.0. The lowest BCUT2D eigenvalue weighted by Gasteiger charge is -2.33. The second-order valence-electron chi connectivity index (χ2n) is 7.92. The first-order valence-electron chi connectivity index (χ1n) is 10.7. The van der Waals surface area contributed by atoms with Gasteiger partial charge in [0.25, 0.3) is 5.91 Å². The van der Waals surface area contributed by atoms with Gasteiger partial charge in [-0.25, -0.2) is 14.4 Å². The second-order valence-corrected chi connectivity index (χ2v) is 9.25. The number of likely N-dealkylation sites (N-methyl/N-ethyl adjacent to an activating group) is 1. The molecule has 1 aliphatic rings. The normalized spacial score (nSPS) is 14.3. The quantitative estimate of drug-likeness (QED) is 0.307. The van der Waals surface area contributed by atoms with E-state index >= 15 is 0 Å². The highest BCUT2D eigenvalue weighted by Gasteiger charge is 2.17. The van der Waals surface area contributed by atoms with E-state index < -0.39 is 0 Å². The summed E-state index contributed by atoms with van der Waals surface area (Å²) in [6.07, 6.45) is 0. The number of carbonyl (C=O) groups is 1. The Labute approximate surface area is 202 Å². The average molecular weight is 486 g/mol. The number of benzene rings is 2. The molecule has 172 valence electrons.